The predicted octanol–water partition coefficient (Wildman–Crippen LogP) is 2.72. The van der Waals surface area contributed by atoms with Gasteiger partial charge in [0.05, 0.1) is 11.8 Å². The van der Waals surface area contributed by atoms with Gasteiger partial charge in [-0.15, -0.1) is 0 Å². The van der Waals surface area contributed by atoms with Crippen molar-refractivity contribution in [1.82, 2.24) is 10.2 Å². The van der Waals surface area contributed by atoms with Crippen LogP contribution >= 0.6 is 27.7 Å². The van der Waals surface area contributed by atoms with E-state index in [9.17, 15) is 14.4 Å². The molecular weight excluding hydrogens is 442 g/mol. The summed E-state index contributed by atoms with van der Waals surface area (Å²) in [5.74, 6) is -0.980. The molecule has 0 aromatic heterocycles. The van der Waals surface area contributed by atoms with Crippen LogP contribution < -0.4 is 10.6 Å². The summed E-state index contributed by atoms with van der Waals surface area (Å²) in [6.07, 6.45) is 3.44. The van der Waals surface area contributed by atoms with E-state index in [1.165, 1.54) is 4.90 Å². The number of carbonyl (C=O) groups is 3. The number of carbonyl (C=O) groups excluding carboxylic acids is 3. The lowest BCUT2D eigenvalue weighted by Crippen LogP contribution is -2.54. The lowest BCUT2D eigenvalue weighted by molar-refractivity contribution is -0.145. The Hall–Kier alpha value is -1.38. The van der Waals surface area contributed by atoms with Crippen molar-refractivity contribution in [1.29, 1.82) is 0 Å². The number of benzene rings is 1. The molecule has 2 N–H and O–H groups in total. The fourth-order valence-corrected chi connectivity index (χ4v) is 5.76. The summed E-state index contributed by atoms with van der Waals surface area (Å²) in [4.78, 5) is 41.5. The molecule has 2 fully saturated rings. The van der Waals surface area contributed by atoms with E-state index in [0.717, 1.165) is 22.2 Å². The average molecular weight is 466 g/mol. The molecule has 1 aromatic rings. The summed E-state index contributed by atoms with van der Waals surface area (Å²) in [7, 11) is 0. The maximum absolute atomic E-state index is 13.5. The molecule has 28 heavy (non-hydrogen) atoms. The Morgan fingerprint density at radius 3 is 2.71 bits per heavy atom. The Morgan fingerprint density at radius 2 is 2.04 bits per heavy atom. The summed E-state index contributed by atoms with van der Waals surface area (Å²) in [6.45, 7) is 3.86. The molecule has 1 aromatic carbocycles. The molecular formula is C20H24BrN3O3S. The third-order valence-corrected chi connectivity index (χ3v) is 7.51. The van der Waals surface area contributed by atoms with Crippen LogP contribution in [0.2, 0.25) is 0 Å². The zero-order valence-corrected chi connectivity index (χ0v) is 18.5. The number of anilines is 1. The summed E-state index contributed by atoms with van der Waals surface area (Å²) < 4.78 is 0.837. The minimum atomic E-state index is -1.19. The van der Waals surface area contributed by atoms with Crippen molar-refractivity contribution >= 4 is 51.1 Å². The molecule has 0 bridgehead atoms. The second-order valence-electron chi connectivity index (χ2n) is 7.79. The molecule has 0 aliphatic carbocycles. The third-order valence-electron chi connectivity index (χ3n) is 6.38. The predicted molar refractivity (Wildman–Crippen MR) is 113 cm³/mol. The van der Waals surface area contributed by atoms with E-state index in [-0.39, 0.29) is 29.8 Å². The molecule has 0 radical (unpaired) electrons. The average Bonchev–Trinajstić information content (AvgIpc) is 3.25. The van der Waals surface area contributed by atoms with Crippen LogP contribution in [0.15, 0.2) is 22.7 Å². The van der Waals surface area contributed by atoms with Gasteiger partial charge >= 0.3 is 0 Å². The second kappa shape index (κ2) is 7.15. The van der Waals surface area contributed by atoms with Crippen LogP contribution in [0.25, 0.3) is 0 Å². The van der Waals surface area contributed by atoms with Crippen molar-refractivity contribution in [3.8, 4) is 0 Å². The van der Waals surface area contributed by atoms with Gasteiger partial charge in [-0.25, -0.2) is 0 Å². The number of imide groups is 1. The second-order valence-corrected chi connectivity index (χ2v) is 9.69. The highest BCUT2D eigenvalue weighted by molar-refractivity contribution is 9.10. The van der Waals surface area contributed by atoms with Crippen molar-refractivity contribution < 1.29 is 14.4 Å². The van der Waals surface area contributed by atoms with E-state index in [1.54, 1.807) is 11.8 Å². The monoisotopic (exact) mass is 465 g/mol. The molecule has 3 heterocycles. The smallest absolute Gasteiger partial charge is 0.250 e. The van der Waals surface area contributed by atoms with Crippen molar-refractivity contribution in [2.45, 2.75) is 44.3 Å². The lowest BCUT2D eigenvalue weighted by Gasteiger charge is -2.31. The number of hydrogen-bond acceptors (Lipinski definition) is 5. The zero-order chi connectivity index (χ0) is 20.2. The quantitative estimate of drug-likeness (QED) is 0.653. The van der Waals surface area contributed by atoms with Gasteiger partial charge in [0.1, 0.15) is 5.54 Å². The first-order valence-corrected chi connectivity index (χ1v) is 11.8. The molecule has 3 amide bonds. The van der Waals surface area contributed by atoms with Gasteiger partial charge in [-0.2, -0.15) is 11.8 Å². The van der Waals surface area contributed by atoms with Gasteiger partial charge < -0.3 is 5.32 Å². The molecule has 4 rings (SSSR count). The Kier molecular flexibility index (Phi) is 5.08. The molecule has 3 aliphatic rings. The zero-order valence-electron chi connectivity index (χ0n) is 16.1. The lowest BCUT2D eigenvalue weighted by atomic mass is 9.76. The van der Waals surface area contributed by atoms with Gasteiger partial charge in [-0.05, 0) is 50.0 Å². The largest absolute Gasteiger partial charge is 0.324 e. The highest BCUT2D eigenvalue weighted by Gasteiger charge is 2.70. The summed E-state index contributed by atoms with van der Waals surface area (Å²) in [6, 6.07) is 5.21. The van der Waals surface area contributed by atoms with E-state index in [1.807, 2.05) is 38.3 Å². The number of fused-ring (bicyclic) bond motifs is 4. The first-order chi connectivity index (χ1) is 13.4. The van der Waals surface area contributed by atoms with E-state index in [0.29, 0.717) is 12.1 Å². The topological polar surface area (TPSA) is 78.5 Å². The molecule has 8 heteroatoms. The Morgan fingerprint density at radius 1 is 1.29 bits per heavy atom. The van der Waals surface area contributed by atoms with Crippen LogP contribution in [-0.2, 0) is 19.9 Å². The number of nitrogens with one attached hydrogen (secondary N) is 2. The SMILES string of the molecule is CCC(C)N1C(=O)[C@@H]2C(CCSC)NC3(C(=O)Nc4ccc(Br)cc43)[C@@H]2C1=O. The number of hydrogen-bond donors (Lipinski definition) is 2. The summed E-state index contributed by atoms with van der Waals surface area (Å²) in [5, 5.41) is 6.39. The maximum Gasteiger partial charge on any atom is 0.250 e. The molecule has 2 saturated heterocycles. The molecule has 1 spiro atoms. The Labute approximate surface area is 177 Å². The van der Waals surface area contributed by atoms with Crippen LogP contribution in [-0.4, -0.2) is 46.7 Å². The number of thioether (sulfide) groups is 1. The van der Waals surface area contributed by atoms with E-state index in [4.69, 9.17) is 0 Å². The third kappa shape index (κ3) is 2.60. The van der Waals surface area contributed by atoms with Crippen molar-refractivity contribution in [2.75, 3.05) is 17.3 Å². The van der Waals surface area contributed by atoms with E-state index >= 15 is 0 Å². The van der Waals surface area contributed by atoms with Gasteiger partial charge in [0, 0.05) is 27.8 Å². The fraction of sp³-hybridized carbons (Fsp3) is 0.550. The highest BCUT2D eigenvalue weighted by atomic mass is 79.9. The van der Waals surface area contributed by atoms with Crippen molar-refractivity contribution in [3.63, 3.8) is 0 Å². The standard InChI is InChI=1S/C20H24BrN3O3S/c1-4-10(2)24-17(25)15-14(7-8-28-3)23-20(16(15)18(24)26)12-9-11(21)5-6-13(12)22-19(20)27/h5-6,9-10,14-16,23H,4,7-8H2,1-3H3,(H,22,27)/t10?,14?,15-,16+,20?/m1/s1. The first kappa shape index (κ1) is 19.9. The molecule has 150 valence electrons. The minimum absolute atomic E-state index is 0.143. The van der Waals surface area contributed by atoms with Gasteiger partial charge in [0.15, 0.2) is 0 Å². The number of nitrogens with zero attached hydrogens (tertiary/aromatic N) is 1. The Balaban J connectivity index is 1.86. The molecule has 3 unspecified atom stereocenters. The van der Waals surface area contributed by atoms with Crippen LogP contribution in [0, 0.1) is 11.8 Å². The Bertz CT molecular complexity index is 863. The molecule has 3 aliphatic heterocycles. The first-order valence-electron chi connectivity index (χ1n) is 9.61. The highest BCUT2D eigenvalue weighted by Crippen LogP contribution is 2.54. The molecule has 0 saturated carbocycles. The van der Waals surface area contributed by atoms with Gasteiger partial charge in [0.25, 0.3) is 0 Å². The molecule has 6 nitrogen and oxygen atoms in total. The van der Waals surface area contributed by atoms with E-state index < -0.39 is 17.4 Å². The van der Waals surface area contributed by atoms with Crippen molar-refractivity contribution in [2.24, 2.45) is 11.8 Å². The minimum Gasteiger partial charge on any atom is -0.324 e. The van der Waals surface area contributed by atoms with Crippen LogP contribution in [0.1, 0.15) is 32.3 Å². The maximum atomic E-state index is 13.5. The number of amides is 3. The number of rotatable bonds is 5. The number of likely N-dealkylation sites (tertiary alicyclic amines) is 1. The fourth-order valence-electron chi connectivity index (χ4n) is 4.91. The summed E-state index contributed by atoms with van der Waals surface area (Å²) >= 11 is 5.18. The summed E-state index contributed by atoms with van der Waals surface area (Å²) in [5.41, 5.74) is 0.259. The van der Waals surface area contributed by atoms with Gasteiger partial charge in [-0.3, -0.25) is 24.6 Å². The van der Waals surface area contributed by atoms with Gasteiger partial charge in [0.2, 0.25) is 17.7 Å². The van der Waals surface area contributed by atoms with E-state index in [2.05, 4.69) is 26.6 Å². The van der Waals surface area contributed by atoms with Crippen LogP contribution in [0.3, 0.4) is 0 Å². The van der Waals surface area contributed by atoms with Crippen molar-refractivity contribution in [3.05, 3.63) is 28.2 Å². The molecule has 5 atom stereocenters. The normalized spacial score (nSPS) is 32.1. The van der Waals surface area contributed by atoms with Gasteiger partial charge in [-0.1, -0.05) is 22.9 Å². The number of halogens is 1. The van der Waals surface area contributed by atoms with Crippen LogP contribution in [0.4, 0.5) is 5.69 Å². The van der Waals surface area contributed by atoms with Crippen LogP contribution in [0.5, 0.6) is 0 Å².